The van der Waals surface area contributed by atoms with Crippen molar-refractivity contribution in [3.63, 3.8) is 0 Å². The largest absolute Gasteiger partial charge is 0.0888 e. The highest BCUT2D eigenvalue weighted by atomic mass is 14.1. The minimum Gasteiger partial charge on any atom is -0.0888 e. The molecule has 0 fully saturated rings. The summed E-state index contributed by atoms with van der Waals surface area (Å²) in [5, 5.41) is 0. The third-order valence-electron chi connectivity index (χ3n) is 2.05. The van der Waals surface area contributed by atoms with E-state index >= 15 is 0 Å². The molecule has 0 aliphatic heterocycles. The van der Waals surface area contributed by atoms with E-state index in [4.69, 9.17) is 0 Å². The van der Waals surface area contributed by atoms with Crippen LogP contribution in [0, 0.1) is 11.8 Å². The molecule has 0 aliphatic rings. The Kier molecular flexibility index (Phi) is 5.38. The second-order valence-corrected chi connectivity index (χ2v) is 3.34. The molecule has 0 aromatic rings. The SMILES string of the molecule is CCC=CCC(C)C(C)C. The summed E-state index contributed by atoms with van der Waals surface area (Å²) in [6.07, 6.45) is 6.96. The van der Waals surface area contributed by atoms with E-state index in [2.05, 4.69) is 39.8 Å². The van der Waals surface area contributed by atoms with Crippen LogP contribution >= 0.6 is 0 Å². The standard InChI is InChI=1S/C10H20/c1-5-6-7-8-10(4)9(2)3/h6-7,9-10H,5,8H2,1-4H3. The summed E-state index contributed by atoms with van der Waals surface area (Å²) in [6.45, 7) is 9.05. The van der Waals surface area contributed by atoms with Crippen molar-refractivity contribution in [1.82, 2.24) is 0 Å². The first-order chi connectivity index (χ1) is 4.68. The van der Waals surface area contributed by atoms with Crippen molar-refractivity contribution in [2.24, 2.45) is 11.8 Å². The van der Waals surface area contributed by atoms with Crippen molar-refractivity contribution < 1.29 is 0 Å². The van der Waals surface area contributed by atoms with E-state index in [0.29, 0.717) is 0 Å². The first-order valence-electron chi connectivity index (χ1n) is 4.33. The maximum Gasteiger partial charge on any atom is -0.0322 e. The smallest absolute Gasteiger partial charge is 0.0322 e. The zero-order valence-corrected chi connectivity index (χ0v) is 7.72. The lowest BCUT2D eigenvalue weighted by Gasteiger charge is -2.11. The molecule has 0 amide bonds. The molecular weight excluding hydrogens is 120 g/mol. The van der Waals surface area contributed by atoms with Gasteiger partial charge in [0.1, 0.15) is 0 Å². The third-order valence-corrected chi connectivity index (χ3v) is 2.05. The van der Waals surface area contributed by atoms with Gasteiger partial charge in [0.05, 0.1) is 0 Å². The van der Waals surface area contributed by atoms with Gasteiger partial charge in [0.25, 0.3) is 0 Å². The minimum absolute atomic E-state index is 0.821. The molecule has 0 nitrogen and oxygen atoms in total. The van der Waals surface area contributed by atoms with Crippen molar-refractivity contribution in [1.29, 1.82) is 0 Å². The monoisotopic (exact) mass is 140 g/mol. The van der Waals surface area contributed by atoms with Gasteiger partial charge in [0, 0.05) is 0 Å². The second-order valence-electron chi connectivity index (χ2n) is 3.34. The summed E-state index contributed by atoms with van der Waals surface area (Å²) in [6, 6.07) is 0. The molecule has 60 valence electrons. The molecule has 0 N–H and O–H groups in total. The highest BCUT2D eigenvalue weighted by Crippen LogP contribution is 2.13. The van der Waals surface area contributed by atoms with Gasteiger partial charge < -0.3 is 0 Å². The molecule has 0 aromatic heterocycles. The highest BCUT2D eigenvalue weighted by Gasteiger charge is 2.02. The lowest BCUT2D eigenvalue weighted by molar-refractivity contribution is 0.424. The lowest BCUT2D eigenvalue weighted by atomic mass is 9.95. The number of allylic oxidation sites excluding steroid dienone is 2. The van der Waals surface area contributed by atoms with Gasteiger partial charge >= 0.3 is 0 Å². The van der Waals surface area contributed by atoms with E-state index in [-0.39, 0.29) is 0 Å². The van der Waals surface area contributed by atoms with Gasteiger partial charge in [0.2, 0.25) is 0 Å². The second kappa shape index (κ2) is 5.52. The number of hydrogen-bond donors (Lipinski definition) is 0. The van der Waals surface area contributed by atoms with Gasteiger partial charge in [-0.3, -0.25) is 0 Å². The fourth-order valence-corrected chi connectivity index (χ4v) is 0.750. The Hall–Kier alpha value is -0.260. The van der Waals surface area contributed by atoms with Crippen LogP contribution in [0.2, 0.25) is 0 Å². The van der Waals surface area contributed by atoms with Crippen LogP contribution in [0.1, 0.15) is 40.5 Å². The predicted molar refractivity (Wildman–Crippen MR) is 48.1 cm³/mol. The normalized spacial score (nSPS) is 14.9. The van der Waals surface area contributed by atoms with Crippen LogP contribution in [0.4, 0.5) is 0 Å². The maximum atomic E-state index is 2.31. The molecule has 0 rings (SSSR count). The van der Waals surface area contributed by atoms with Gasteiger partial charge in [-0.1, -0.05) is 39.8 Å². The van der Waals surface area contributed by atoms with Gasteiger partial charge in [-0.15, -0.1) is 0 Å². The number of hydrogen-bond acceptors (Lipinski definition) is 0. The first-order valence-corrected chi connectivity index (χ1v) is 4.33. The molecule has 0 bridgehead atoms. The van der Waals surface area contributed by atoms with Crippen LogP contribution in [0.25, 0.3) is 0 Å². The molecule has 0 aliphatic carbocycles. The quantitative estimate of drug-likeness (QED) is 0.523. The molecule has 0 radical (unpaired) electrons. The third kappa shape index (κ3) is 4.60. The average Bonchev–Trinajstić information content (AvgIpc) is 1.88. The topological polar surface area (TPSA) is 0 Å². The highest BCUT2D eigenvalue weighted by molar-refractivity contribution is 4.82. The maximum absolute atomic E-state index is 2.31. The minimum atomic E-state index is 0.821. The van der Waals surface area contributed by atoms with Crippen molar-refractivity contribution >= 4 is 0 Å². The Labute approximate surface area is 65.3 Å². The van der Waals surface area contributed by atoms with Crippen molar-refractivity contribution in [2.75, 3.05) is 0 Å². The molecule has 0 aromatic carbocycles. The van der Waals surface area contributed by atoms with E-state index in [1.165, 1.54) is 12.8 Å². The van der Waals surface area contributed by atoms with E-state index in [1.54, 1.807) is 0 Å². The fourth-order valence-electron chi connectivity index (χ4n) is 0.750. The average molecular weight is 140 g/mol. The molecular formula is C10H20. The van der Waals surface area contributed by atoms with Crippen molar-refractivity contribution in [3.05, 3.63) is 12.2 Å². The zero-order valence-electron chi connectivity index (χ0n) is 7.72. The summed E-state index contributed by atoms with van der Waals surface area (Å²) in [4.78, 5) is 0. The summed E-state index contributed by atoms with van der Waals surface area (Å²) in [7, 11) is 0. The molecule has 0 saturated carbocycles. The van der Waals surface area contributed by atoms with Crippen LogP contribution < -0.4 is 0 Å². The van der Waals surface area contributed by atoms with Crippen LogP contribution in [0.3, 0.4) is 0 Å². The van der Waals surface area contributed by atoms with Gasteiger partial charge in [-0.05, 0) is 24.7 Å². The Morgan fingerprint density at radius 2 is 1.70 bits per heavy atom. The van der Waals surface area contributed by atoms with E-state index < -0.39 is 0 Å². The fraction of sp³-hybridized carbons (Fsp3) is 0.800. The van der Waals surface area contributed by atoms with Crippen molar-refractivity contribution in [3.8, 4) is 0 Å². The van der Waals surface area contributed by atoms with E-state index in [0.717, 1.165) is 11.8 Å². The van der Waals surface area contributed by atoms with Crippen LogP contribution in [-0.4, -0.2) is 0 Å². The summed E-state index contributed by atoms with van der Waals surface area (Å²) >= 11 is 0. The zero-order chi connectivity index (χ0) is 7.98. The summed E-state index contributed by atoms with van der Waals surface area (Å²) in [5.74, 6) is 1.66. The van der Waals surface area contributed by atoms with Crippen LogP contribution in [-0.2, 0) is 0 Å². The van der Waals surface area contributed by atoms with Crippen molar-refractivity contribution in [2.45, 2.75) is 40.5 Å². The molecule has 1 atom stereocenters. The Morgan fingerprint density at radius 1 is 1.10 bits per heavy atom. The van der Waals surface area contributed by atoms with E-state index in [9.17, 15) is 0 Å². The summed E-state index contributed by atoms with van der Waals surface area (Å²) < 4.78 is 0. The van der Waals surface area contributed by atoms with Crippen LogP contribution in [0.15, 0.2) is 12.2 Å². The van der Waals surface area contributed by atoms with Gasteiger partial charge in [0.15, 0.2) is 0 Å². The molecule has 1 unspecified atom stereocenters. The van der Waals surface area contributed by atoms with Gasteiger partial charge in [-0.25, -0.2) is 0 Å². The summed E-state index contributed by atoms with van der Waals surface area (Å²) in [5.41, 5.74) is 0. The lowest BCUT2D eigenvalue weighted by Crippen LogP contribution is -2.01. The first kappa shape index (κ1) is 9.74. The number of rotatable bonds is 4. The predicted octanol–water partition coefficient (Wildman–Crippen LogP) is 3.63. The molecule has 0 heterocycles. The molecule has 0 heteroatoms. The van der Waals surface area contributed by atoms with E-state index in [1.807, 2.05) is 0 Å². The van der Waals surface area contributed by atoms with Crippen LogP contribution in [0.5, 0.6) is 0 Å². The Balaban J connectivity index is 3.38. The Bertz CT molecular complexity index is 90.2. The molecule has 0 saturated heterocycles. The Morgan fingerprint density at radius 3 is 2.10 bits per heavy atom. The van der Waals surface area contributed by atoms with Gasteiger partial charge in [-0.2, -0.15) is 0 Å². The molecule has 10 heavy (non-hydrogen) atoms. The molecule has 0 spiro atoms.